The van der Waals surface area contributed by atoms with Crippen molar-refractivity contribution in [3.63, 3.8) is 0 Å². The van der Waals surface area contributed by atoms with Crippen LogP contribution in [0.2, 0.25) is 0 Å². The number of unbranched alkanes of at least 4 members (excludes halogenated alkanes) is 4. The Kier molecular flexibility index (Phi) is 10.8. The monoisotopic (exact) mass is 486 g/mol. The van der Waals surface area contributed by atoms with E-state index in [2.05, 4.69) is 46.0 Å². The predicted molar refractivity (Wildman–Crippen MR) is 140 cm³/mol. The minimum absolute atomic E-state index is 0.860. The van der Waals surface area contributed by atoms with E-state index in [0.717, 1.165) is 109 Å². The molecule has 8 heteroatoms. The Balaban J connectivity index is 2.77. The first-order valence-electron chi connectivity index (χ1n) is 11.5. The number of rotatable bonds is 13. The van der Waals surface area contributed by atoms with Crippen molar-refractivity contribution in [1.82, 2.24) is 18.3 Å². The van der Waals surface area contributed by atoms with Gasteiger partial charge in [-0.2, -0.15) is 0 Å². The summed E-state index contributed by atoms with van der Waals surface area (Å²) in [5, 5.41) is 1.88. The van der Waals surface area contributed by atoms with Crippen LogP contribution in [-0.4, -0.2) is 18.3 Å². The Labute approximate surface area is 203 Å². The number of thiol groups is 2. The number of hydrogen-bond acceptors (Lipinski definition) is 4. The molecule has 0 N–H and O–H groups in total. The van der Waals surface area contributed by atoms with E-state index in [9.17, 15) is 0 Å². The second kappa shape index (κ2) is 12.6. The van der Waals surface area contributed by atoms with Crippen molar-refractivity contribution in [3.8, 4) is 11.4 Å². The lowest BCUT2D eigenvalue weighted by Gasteiger charge is -2.12. The van der Waals surface area contributed by atoms with Gasteiger partial charge in [-0.1, -0.05) is 53.4 Å². The summed E-state index contributed by atoms with van der Waals surface area (Å²) in [5.41, 5.74) is 2.16. The van der Waals surface area contributed by atoms with Crippen molar-refractivity contribution in [2.75, 3.05) is 0 Å². The molecule has 0 atom stereocenters. The lowest BCUT2D eigenvalue weighted by Crippen LogP contribution is -2.06. The second-order valence-electron chi connectivity index (χ2n) is 7.93. The van der Waals surface area contributed by atoms with Crippen molar-refractivity contribution in [1.29, 1.82) is 0 Å². The fourth-order valence-electron chi connectivity index (χ4n) is 3.71. The van der Waals surface area contributed by atoms with Crippen molar-refractivity contribution in [2.45, 2.75) is 115 Å². The molecular formula is C22H38N4S4. The Morgan fingerprint density at radius 3 is 1.07 bits per heavy atom. The normalized spacial score (nSPS) is 11.5. The first-order valence-corrected chi connectivity index (χ1v) is 13.2. The minimum Gasteiger partial charge on any atom is -0.314 e. The highest BCUT2D eigenvalue weighted by molar-refractivity contribution is 7.80. The molecule has 0 aliphatic heterocycles. The zero-order valence-corrected chi connectivity index (χ0v) is 22.4. The van der Waals surface area contributed by atoms with Crippen molar-refractivity contribution in [3.05, 3.63) is 9.54 Å². The maximum absolute atomic E-state index is 5.92. The van der Waals surface area contributed by atoms with E-state index in [0.29, 0.717) is 0 Å². The number of hydrogen-bond donors (Lipinski definition) is 2. The summed E-state index contributed by atoms with van der Waals surface area (Å²) in [6.45, 7) is 12.4. The van der Waals surface area contributed by atoms with Crippen LogP contribution in [0.15, 0.2) is 10.1 Å². The topological polar surface area (TPSA) is 19.7 Å². The van der Waals surface area contributed by atoms with Crippen molar-refractivity contribution < 1.29 is 0 Å². The highest BCUT2D eigenvalue weighted by atomic mass is 32.1. The van der Waals surface area contributed by atoms with Crippen LogP contribution in [0.1, 0.15) is 79.1 Å². The maximum atomic E-state index is 5.92. The van der Waals surface area contributed by atoms with Gasteiger partial charge < -0.3 is 18.3 Å². The second-order valence-corrected chi connectivity index (χ2v) is 9.51. The van der Waals surface area contributed by atoms with Crippen LogP contribution < -0.4 is 0 Å². The summed E-state index contributed by atoms with van der Waals surface area (Å²) in [7, 11) is 0. The van der Waals surface area contributed by atoms with Gasteiger partial charge in [0.2, 0.25) is 0 Å². The molecule has 0 amide bonds. The van der Waals surface area contributed by atoms with Crippen LogP contribution >= 0.6 is 49.7 Å². The molecule has 2 aromatic heterocycles. The molecule has 2 aromatic rings. The van der Waals surface area contributed by atoms with Gasteiger partial charge in [-0.25, -0.2) is 0 Å². The van der Waals surface area contributed by atoms with Gasteiger partial charge in [0.05, 0.1) is 0 Å². The molecule has 0 spiro atoms. The lowest BCUT2D eigenvalue weighted by atomic mass is 10.2. The molecule has 170 valence electrons. The molecule has 30 heavy (non-hydrogen) atoms. The standard InChI is InChI=1S/C22H38N4S4/c1-5-9-13-23-17(19(27)25(21(23)29)15-11-7-3)18-20(28)26(16-12-8-4)22(30)24(18)14-10-6-2/h27-28H,5-16H2,1-4H3. The molecule has 0 radical (unpaired) electrons. The van der Waals surface area contributed by atoms with Gasteiger partial charge in [-0.3, -0.25) is 0 Å². The van der Waals surface area contributed by atoms with E-state index in [1.807, 2.05) is 0 Å². The van der Waals surface area contributed by atoms with Gasteiger partial charge in [-0.15, -0.1) is 25.3 Å². The van der Waals surface area contributed by atoms with Gasteiger partial charge in [-0.05, 0) is 50.1 Å². The SMILES string of the molecule is CCCCn1c(S)c(-c2c(S)n(CCCC)c(=S)n2CCCC)n(CCCC)c1=S. The molecule has 0 saturated heterocycles. The highest BCUT2D eigenvalue weighted by Crippen LogP contribution is 2.36. The lowest BCUT2D eigenvalue weighted by molar-refractivity contribution is 0.565. The van der Waals surface area contributed by atoms with Crippen LogP contribution in [0.4, 0.5) is 0 Å². The summed E-state index contributed by atoms with van der Waals surface area (Å²) in [4.78, 5) is 0. The molecule has 0 saturated carbocycles. The van der Waals surface area contributed by atoms with Gasteiger partial charge in [0.15, 0.2) is 9.54 Å². The van der Waals surface area contributed by atoms with Crippen LogP contribution in [0, 0.1) is 9.54 Å². The Hall–Kier alpha value is -0.440. The molecule has 0 aliphatic carbocycles. The molecule has 0 unspecified atom stereocenters. The molecule has 0 aliphatic rings. The van der Waals surface area contributed by atoms with Gasteiger partial charge in [0.25, 0.3) is 0 Å². The number of nitrogens with zero attached hydrogens (tertiary/aromatic N) is 4. The van der Waals surface area contributed by atoms with Crippen LogP contribution in [0.3, 0.4) is 0 Å². The van der Waals surface area contributed by atoms with E-state index < -0.39 is 0 Å². The van der Waals surface area contributed by atoms with E-state index in [-0.39, 0.29) is 0 Å². The first kappa shape index (κ1) is 25.8. The summed E-state index contributed by atoms with van der Waals surface area (Å²) in [6, 6.07) is 0. The van der Waals surface area contributed by atoms with Gasteiger partial charge in [0, 0.05) is 26.2 Å². The van der Waals surface area contributed by atoms with E-state index >= 15 is 0 Å². The van der Waals surface area contributed by atoms with Crippen molar-refractivity contribution in [2.24, 2.45) is 0 Å². The summed E-state index contributed by atoms with van der Waals surface area (Å²) < 4.78 is 10.6. The summed E-state index contributed by atoms with van der Waals surface area (Å²) in [6.07, 6.45) is 8.85. The average Bonchev–Trinajstić information content (AvgIpc) is 3.10. The zero-order valence-electron chi connectivity index (χ0n) is 19.0. The Morgan fingerprint density at radius 1 is 0.533 bits per heavy atom. The van der Waals surface area contributed by atoms with Crippen LogP contribution in [0.25, 0.3) is 11.4 Å². The third-order valence-corrected chi connectivity index (χ3v) is 7.35. The fourth-order valence-corrected chi connectivity index (χ4v) is 5.42. The highest BCUT2D eigenvalue weighted by Gasteiger charge is 2.25. The molecule has 2 rings (SSSR count). The van der Waals surface area contributed by atoms with Gasteiger partial charge >= 0.3 is 0 Å². The Bertz CT molecular complexity index is 856. The Morgan fingerprint density at radius 2 is 0.800 bits per heavy atom. The smallest absolute Gasteiger partial charge is 0.181 e. The molecule has 4 nitrogen and oxygen atoms in total. The number of imidazole rings is 2. The molecular weight excluding hydrogens is 449 g/mol. The molecule has 2 heterocycles. The van der Waals surface area contributed by atoms with Gasteiger partial charge in [0.1, 0.15) is 21.4 Å². The first-order chi connectivity index (χ1) is 14.4. The van der Waals surface area contributed by atoms with E-state index in [1.54, 1.807) is 0 Å². The largest absolute Gasteiger partial charge is 0.314 e. The third-order valence-electron chi connectivity index (χ3n) is 5.56. The molecule has 0 bridgehead atoms. The summed E-state index contributed by atoms with van der Waals surface area (Å²) in [5.74, 6) is 0. The molecule has 0 fully saturated rings. The predicted octanol–water partition coefficient (Wildman–Crippen LogP) is 7.80. The van der Waals surface area contributed by atoms with Crippen molar-refractivity contribution >= 4 is 49.7 Å². The maximum Gasteiger partial charge on any atom is 0.181 e. The zero-order chi connectivity index (χ0) is 22.3. The van der Waals surface area contributed by atoms with Crippen LogP contribution in [-0.2, 0) is 26.2 Å². The summed E-state index contributed by atoms with van der Waals surface area (Å²) >= 11 is 21.8. The number of aromatic nitrogens is 4. The molecule has 0 aromatic carbocycles. The fraction of sp³-hybridized carbons (Fsp3) is 0.727. The third kappa shape index (κ3) is 5.48. The average molecular weight is 487 g/mol. The minimum atomic E-state index is 0.860. The quantitative estimate of drug-likeness (QED) is 0.222. The van der Waals surface area contributed by atoms with Crippen LogP contribution in [0.5, 0.6) is 0 Å². The van der Waals surface area contributed by atoms with E-state index in [4.69, 9.17) is 49.7 Å². The van der Waals surface area contributed by atoms with E-state index in [1.165, 1.54) is 0 Å².